The zero-order valence-electron chi connectivity index (χ0n) is 22.8. The van der Waals surface area contributed by atoms with Crippen LogP contribution in [0.4, 0.5) is 5.95 Å². The van der Waals surface area contributed by atoms with Gasteiger partial charge in [0.05, 0.1) is 11.4 Å². The number of nitrogens with zero attached hydrogens (tertiary/aromatic N) is 3. The molecule has 0 saturated heterocycles. The molecule has 9 nitrogen and oxygen atoms in total. The first kappa shape index (κ1) is 29.9. The molecular weight excluding hydrogens is 468 g/mol. The van der Waals surface area contributed by atoms with Gasteiger partial charge in [0.15, 0.2) is 5.65 Å². The lowest BCUT2D eigenvalue weighted by molar-refractivity contribution is 0.0951. The van der Waals surface area contributed by atoms with E-state index in [4.69, 9.17) is 10.1 Å². The SMILES string of the molecule is CCCCC(CC)CNc1nc(C)c2ccc(=O)n(-c3ccc(C(=O)NCCCO)cc3)c2n1.CNC. The fraction of sp³-hybridized carbons (Fsp3) is 0.500. The van der Waals surface area contributed by atoms with Gasteiger partial charge in [-0.2, -0.15) is 4.98 Å². The van der Waals surface area contributed by atoms with E-state index in [1.807, 2.05) is 21.0 Å². The smallest absolute Gasteiger partial charge is 0.256 e. The van der Waals surface area contributed by atoms with E-state index in [-0.39, 0.29) is 18.1 Å². The van der Waals surface area contributed by atoms with Gasteiger partial charge >= 0.3 is 0 Å². The number of aliphatic hydroxyl groups is 1. The van der Waals surface area contributed by atoms with E-state index in [9.17, 15) is 9.59 Å². The van der Waals surface area contributed by atoms with Crippen LogP contribution in [0, 0.1) is 12.8 Å². The van der Waals surface area contributed by atoms with Crippen LogP contribution in [0.3, 0.4) is 0 Å². The maximum absolute atomic E-state index is 12.9. The van der Waals surface area contributed by atoms with Crippen molar-refractivity contribution in [3.63, 3.8) is 0 Å². The van der Waals surface area contributed by atoms with Crippen LogP contribution in [0.1, 0.15) is 62.0 Å². The minimum absolute atomic E-state index is 0.0270. The van der Waals surface area contributed by atoms with Crippen molar-refractivity contribution in [2.24, 2.45) is 5.92 Å². The standard InChI is InChI=1S/C26H35N5O3.C2H7N/c1-4-6-8-19(5-2)17-28-26-29-18(3)22-13-14-23(33)31(24(22)30-26)21-11-9-20(10-12-21)25(34)27-15-7-16-32;1-3-2/h9-14,19,32H,4-8,15-17H2,1-3H3,(H,27,34)(H,28,29,30);3H,1-2H3. The van der Waals surface area contributed by atoms with Gasteiger partial charge in [0.2, 0.25) is 5.95 Å². The molecule has 3 rings (SSSR count). The van der Waals surface area contributed by atoms with Gasteiger partial charge < -0.3 is 21.1 Å². The predicted molar refractivity (Wildman–Crippen MR) is 151 cm³/mol. The Morgan fingerprint density at radius 1 is 1.05 bits per heavy atom. The van der Waals surface area contributed by atoms with Gasteiger partial charge in [-0.05, 0) is 70.1 Å². The molecule has 0 saturated carbocycles. The van der Waals surface area contributed by atoms with E-state index in [2.05, 4.69) is 34.8 Å². The third-order valence-corrected chi connectivity index (χ3v) is 6.04. The van der Waals surface area contributed by atoms with Crippen molar-refractivity contribution in [1.82, 2.24) is 25.2 Å². The van der Waals surface area contributed by atoms with Gasteiger partial charge in [0.25, 0.3) is 11.5 Å². The van der Waals surface area contributed by atoms with Crippen LogP contribution in [-0.4, -0.2) is 59.3 Å². The first-order valence-electron chi connectivity index (χ1n) is 13.1. The number of nitrogens with one attached hydrogen (secondary N) is 3. The minimum Gasteiger partial charge on any atom is -0.396 e. The summed E-state index contributed by atoms with van der Waals surface area (Å²) in [5.41, 5.74) is 2.24. The molecule has 2 heterocycles. The number of amides is 1. The summed E-state index contributed by atoms with van der Waals surface area (Å²) in [5, 5.41) is 18.6. The molecule has 1 unspecified atom stereocenters. The molecule has 4 N–H and O–H groups in total. The van der Waals surface area contributed by atoms with Gasteiger partial charge in [-0.1, -0.05) is 33.1 Å². The highest BCUT2D eigenvalue weighted by molar-refractivity contribution is 5.94. The number of benzene rings is 1. The van der Waals surface area contributed by atoms with E-state index in [0.29, 0.717) is 41.7 Å². The molecule has 202 valence electrons. The van der Waals surface area contributed by atoms with E-state index in [1.165, 1.54) is 18.9 Å². The Kier molecular flexibility index (Phi) is 12.7. The van der Waals surface area contributed by atoms with Crippen molar-refractivity contribution in [1.29, 1.82) is 0 Å². The summed E-state index contributed by atoms with van der Waals surface area (Å²) in [6.45, 7) is 7.54. The summed E-state index contributed by atoms with van der Waals surface area (Å²) in [4.78, 5) is 34.4. The normalized spacial score (nSPS) is 11.5. The Morgan fingerprint density at radius 3 is 2.38 bits per heavy atom. The summed E-state index contributed by atoms with van der Waals surface area (Å²) in [6, 6.07) is 10.1. The van der Waals surface area contributed by atoms with Crippen molar-refractivity contribution in [2.75, 3.05) is 39.1 Å². The molecule has 0 fully saturated rings. The number of hydrogen-bond donors (Lipinski definition) is 4. The maximum atomic E-state index is 12.9. The van der Waals surface area contributed by atoms with Crippen molar-refractivity contribution in [3.05, 3.63) is 58.0 Å². The average Bonchev–Trinajstić information content (AvgIpc) is 2.89. The van der Waals surface area contributed by atoms with Gasteiger partial charge in [-0.25, -0.2) is 4.98 Å². The molecule has 1 atom stereocenters. The van der Waals surface area contributed by atoms with Crippen LogP contribution in [0.25, 0.3) is 16.7 Å². The zero-order chi connectivity index (χ0) is 27.2. The number of carbonyl (C=O) groups is 1. The van der Waals surface area contributed by atoms with Gasteiger partial charge in [0, 0.05) is 36.7 Å². The Hall–Kier alpha value is -3.30. The monoisotopic (exact) mass is 510 g/mol. The molecule has 0 spiro atoms. The van der Waals surface area contributed by atoms with Crippen LogP contribution >= 0.6 is 0 Å². The molecule has 3 aromatic rings. The lowest BCUT2D eigenvalue weighted by Crippen LogP contribution is -2.25. The number of rotatable bonds is 12. The number of aromatic nitrogens is 3. The molecule has 0 aliphatic heterocycles. The molecule has 0 aliphatic carbocycles. The Balaban J connectivity index is 0.00000153. The fourth-order valence-corrected chi connectivity index (χ4v) is 3.92. The van der Waals surface area contributed by atoms with Gasteiger partial charge in [-0.3, -0.25) is 14.2 Å². The number of unbranched alkanes of at least 4 members (excludes halogenated alkanes) is 1. The van der Waals surface area contributed by atoms with Crippen molar-refractivity contribution < 1.29 is 9.90 Å². The predicted octanol–water partition coefficient (Wildman–Crippen LogP) is 3.67. The second kappa shape index (κ2) is 15.7. The Labute approximate surface area is 219 Å². The summed E-state index contributed by atoms with van der Waals surface area (Å²) in [5.74, 6) is 0.844. The van der Waals surface area contributed by atoms with Crippen LogP contribution in [0.5, 0.6) is 0 Å². The number of pyridine rings is 1. The molecule has 2 aromatic heterocycles. The lowest BCUT2D eigenvalue weighted by atomic mass is 9.99. The number of aryl methyl sites for hydroxylation is 1. The van der Waals surface area contributed by atoms with Crippen molar-refractivity contribution in [2.45, 2.75) is 52.9 Å². The Bertz CT molecular complexity index is 1180. The number of anilines is 1. The fourth-order valence-electron chi connectivity index (χ4n) is 3.92. The number of fused-ring (bicyclic) bond motifs is 1. The molecule has 0 bridgehead atoms. The first-order chi connectivity index (χ1) is 17.9. The second-order valence-electron chi connectivity index (χ2n) is 9.05. The Morgan fingerprint density at radius 2 is 1.76 bits per heavy atom. The number of carbonyl (C=O) groups excluding carboxylic acids is 1. The highest BCUT2D eigenvalue weighted by Crippen LogP contribution is 2.20. The summed E-state index contributed by atoms with van der Waals surface area (Å²) in [7, 11) is 3.75. The number of hydrogen-bond acceptors (Lipinski definition) is 7. The maximum Gasteiger partial charge on any atom is 0.256 e. The van der Waals surface area contributed by atoms with Gasteiger partial charge in [-0.15, -0.1) is 0 Å². The number of aliphatic hydroxyl groups excluding tert-OH is 1. The van der Waals surface area contributed by atoms with Crippen molar-refractivity contribution >= 4 is 22.9 Å². The van der Waals surface area contributed by atoms with Gasteiger partial charge in [0.1, 0.15) is 0 Å². The van der Waals surface area contributed by atoms with Crippen LogP contribution in [-0.2, 0) is 0 Å². The van der Waals surface area contributed by atoms with E-state index < -0.39 is 0 Å². The highest BCUT2D eigenvalue weighted by atomic mass is 16.3. The third kappa shape index (κ3) is 8.65. The molecule has 9 heteroatoms. The summed E-state index contributed by atoms with van der Waals surface area (Å²) >= 11 is 0. The van der Waals surface area contributed by atoms with Crippen LogP contribution in [0.2, 0.25) is 0 Å². The van der Waals surface area contributed by atoms with E-state index >= 15 is 0 Å². The quantitative estimate of drug-likeness (QED) is 0.274. The zero-order valence-corrected chi connectivity index (χ0v) is 22.8. The molecule has 37 heavy (non-hydrogen) atoms. The largest absolute Gasteiger partial charge is 0.396 e. The van der Waals surface area contributed by atoms with Crippen molar-refractivity contribution in [3.8, 4) is 5.69 Å². The third-order valence-electron chi connectivity index (χ3n) is 6.04. The molecule has 1 aromatic carbocycles. The minimum atomic E-state index is -0.219. The average molecular weight is 511 g/mol. The summed E-state index contributed by atoms with van der Waals surface area (Å²) in [6.07, 6.45) is 5.13. The summed E-state index contributed by atoms with van der Waals surface area (Å²) < 4.78 is 1.55. The second-order valence-corrected chi connectivity index (χ2v) is 9.05. The van der Waals surface area contributed by atoms with Crippen LogP contribution < -0.4 is 21.5 Å². The first-order valence-corrected chi connectivity index (χ1v) is 13.1. The van der Waals surface area contributed by atoms with E-state index in [0.717, 1.165) is 30.5 Å². The van der Waals surface area contributed by atoms with E-state index in [1.54, 1.807) is 34.9 Å². The molecule has 0 aliphatic rings. The lowest BCUT2D eigenvalue weighted by Gasteiger charge is -2.17. The molecule has 1 amide bonds. The molecule has 0 radical (unpaired) electrons. The topological polar surface area (TPSA) is 121 Å². The highest BCUT2D eigenvalue weighted by Gasteiger charge is 2.14. The van der Waals surface area contributed by atoms with Crippen LogP contribution in [0.15, 0.2) is 41.2 Å². The molecular formula is C28H42N6O3.